The van der Waals surface area contributed by atoms with Crippen LogP contribution < -0.4 is 16.0 Å². The summed E-state index contributed by atoms with van der Waals surface area (Å²) in [6, 6.07) is 6.20. The zero-order chi connectivity index (χ0) is 16.0. The number of amides is 1. The third-order valence-electron chi connectivity index (χ3n) is 3.02. The van der Waals surface area contributed by atoms with Crippen LogP contribution in [0.1, 0.15) is 33.3 Å². The first-order valence-corrected chi connectivity index (χ1v) is 7.73. The van der Waals surface area contributed by atoms with Crippen LogP contribution in [0.15, 0.2) is 18.2 Å². The van der Waals surface area contributed by atoms with E-state index in [1.54, 1.807) is 0 Å². The van der Waals surface area contributed by atoms with E-state index < -0.39 is 0 Å². The van der Waals surface area contributed by atoms with Crippen molar-refractivity contribution >= 4 is 23.2 Å². The predicted molar refractivity (Wildman–Crippen MR) is 89.7 cm³/mol. The van der Waals surface area contributed by atoms with Crippen LogP contribution in [0, 0.1) is 5.92 Å². The second-order valence-electron chi connectivity index (χ2n) is 6.02. The molecule has 0 atom stereocenters. The van der Waals surface area contributed by atoms with Crippen molar-refractivity contribution in [3.05, 3.63) is 28.8 Å². The number of nitrogens with zero attached hydrogens (tertiary/aromatic N) is 1. The lowest BCUT2D eigenvalue weighted by Crippen LogP contribution is -2.37. The highest BCUT2D eigenvalue weighted by atomic mass is 35.5. The van der Waals surface area contributed by atoms with Gasteiger partial charge in [-0.2, -0.15) is 0 Å². The van der Waals surface area contributed by atoms with Crippen LogP contribution in [0.3, 0.4) is 0 Å². The number of hydrogen-bond acceptors (Lipinski definition) is 3. The molecule has 3 N–H and O–H groups in total. The number of nitrogens with one attached hydrogen (secondary N) is 1. The van der Waals surface area contributed by atoms with Crippen molar-refractivity contribution in [3.8, 4) is 0 Å². The van der Waals surface area contributed by atoms with E-state index in [1.807, 2.05) is 23.1 Å². The third-order valence-corrected chi connectivity index (χ3v) is 3.32. The maximum atomic E-state index is 11.4. The number of carbonyl (C=O) groups excluding carboxylic acids is 1. The van der Waals surface area contributed by atoms with Gasteiger partial charge in [-0.3, -0.25) is 4.79 Å². The van der Waals surface area contributed by atoms with E-state index >= 15 is 0 Å². The molecule has 0 spiro atoms. The summed E-state index contributed by atoms with van der Waals surface area (Å²) in [4.78, 5) is 13.4. The summed E-state index contributed by atoms with van der Waals surface area (Å²) in [7, 11) is 0. The Morgan fingerprint density at radius 1 is 1.33 bits per heavy atom. The molecule has 1 amide bonds. The smallest absolute Gasteiger partial charge is 0.236 e. The van der Waals surface area contributed by atoms with E-state index in [9.17, 15) is 4.79 Å². The summed E-state index contributed by atoms with van der Waals surface area (Å²) in [6.45, 7) is 10.0. The zero-order valence-corrected chi connectivity index (χ0v) is 14.1. The maximum absolute atomic E-state index is 11.4. The van der Waals surface area contributed by atoms with Crippen molar-refractivity contribution in [1.82, 2.24) is 5.32 Å². The standard InChI is InChI=1S/C16H26ClN3O/c1-11(2)9-20(10-15(18)21)16-13(8-19-12(3)4)6-5-7-14(16)17/h5-7,11-12,19H,8-10H2,1-4H3,(H2,18,21). The zero-order valence-electron chi connectivity index (χ0n) is 13.3. The molecule has 0 aliphatic carbocycles. The monoisotopic (exact) mass is 311 g/mol. The van der Waals surface area contributed by atoms with E-state index in [0.717, 1.165) is 17.8 Å². The van der Waals surface area contributed by atoms with Gasteiger partial charge in [-0.25, -0.2) is 0 Å². The van der Waals surface area contributed by atoms with Gasteiger partial charge in [0.1, 0.15) is 0 Å². The summed E-state index contributed by atoms with van der Waals surface area (Å²) >= 11 is 6.38. The Hall–Kier alpha value is -1.26. The summed E-state index contributed by atoms with van der Waals surface area (Å²) in [5, 5.41) is 4.04. The number of benzene rings is 1. The Morgan fingerprint density at radius 2 is 2.00 bits per heavy atom. The van der Waals surface area contributed by atoms with Crippen LogP contribution in [-0.2, 0) is 11.3 Å². The Kier molecular flexibility index (Phi) is 6.99. The van der Waals surface area contributed by atoms with Gasteiger partial charge in [0.2, 0.25) is 5.91 Å². The highest BCUT2D eigenvalue weighted by Gasteiger charge is 2.18. The highest BCUT2D eigenvalue weighted by molar-refractivity contribution is 6.33. The third kappa shape index (κ3) is 5.94. The summed E-state index contributed by atoms with van der Waals surface area (Å²) in [5.41, 5.74) is 7.37. The van der Waals surface area contributed by atoms with Crippen molar-refractivity contribution in [2.24, 2.45) is 11.7 Å². The Labute approximate surface area is 132 Å². The van der Waals surface area contributed by atoms with E-state index in [2.05, 4.69) is 33.0 Å². The van der Waals surface area contributed by atoms with Gasteiger partial charge in [-0.05, 0) is 17.5 Å². The van der Waals surface area contributed by atoms with Crippen LogP contribution in [0.4, 0.5) is 5.69 Å². The fourth-order valence-electron chi connectivity index (χ4n) is 2.23. The molecule has 21 heavy (non-hydrogen) atoms. The van der Waals surface area contributed by atoms with Gasteiger partial charge in [0, 0.05) is 19.1 Å². The molecule has 0 aromatic heterocycles. The van der Waals surface area contributed by atoms with Gasteiger partial charge in [0.15, 0.2) is 0 Å². The molecule has 1 aromatic rings. The lowest BCUT2D eigenvalue weighted by molar-refractivity contribution is -0.116. The van der Waals surface area contributed by atoms with Gasteiger partial charge >= 0.3 is 0 Å². The first kappa shape index (κ1) is 17.8. The van der Waals surface area contributed by atoms with Crippen LogP contribution in [0.5, 0.6) is 0 Å². The fourth-order valence-corrected chi connectivity index (χ4v) is 2.55. The van der Waals surface area contributed by atoms with Crippen molar-refractivity contribution in [3.63, 3.8) is 0 Å². The second kappa shape index (κ2) is 8.25. The van der Waals surface area contributed by atoms with E-state index in [4.69, 9.17) is 17.3 Å². The van der Waals surface area contributed by atoms with Crippen molar-refractivity contribution in [1.29, 1.82) is 0 Å². The topological polar surface area (TPSA) is 58.4 Å². The fraction of sp³-hybridized carbons (Fsp3) is 0.562. The first-order chi connectivity index (χ1) is 9.81. The first-order valence-electron chi connectivity index (χ1n) is 7.35. The van der Waals surface area contributed by atoms with Crippen LogP contribution in [0.2, 0.25) is 5.02 Å². The van der Waals surface area contributed by atoms with Gasteiger partial charge in [-0.15, -0.1) is 0 Å². The largest absolute Gasteiger partial charge is 0.368 e. The molecule has 0 aliphatic rings. The molecule has 1 rings (SSSR count). The number of para-hydroxylation sites is 1. The van der Waals surface area contributed by atoms with E-state index in [-0.39, 0.29) is 12.5 Å². The second-order valence-corrected chi connectivity index (χ2v) is 6.43. The number of carbonyl (C=O) groups is 1. The molecule has 1 aromatic carbocycles. The number of nitrogens with two attached hydrogens (primary N) is 1. The van der Waals surface area contributed by atoms with Crippen molar-refractivity contribution in [2.45, 2.75) is 40.3 Å². The van der Waals surface area contributed by atoms with Gasteiger partial charge in [-0.1, -0.05) is 51.4 Å². The normalized spacial score (nSPS) is 11.2. The van der Waals surface area contributed by atoms with Crippen molar-refractivity contribution in [2.75, 3.05) is 18.0 Å². The van der Waals surface area contributed by atoms with Crippen LogP contribution >= 0.6 is 11.6 Å². The maximum Gasteiger partial charge on any atom is 0.236 e. The average molecular weight is 312 g/mol. The quantitative estimate of drug-likeness (QED) is 0.776. The Morgan fingerprint density at radius 3 is 2.52 bits per heavy atom. The predicted octanol–water partition coefficient (Wildman–Crippen LogP) is 2.79. The van der Waals surface area contributed by atoms with Crippen LogP contribution in [0.25, 0.3) is 0 Å². The molecule has 0 fully saturated rings. The Balaban J connectivity index is 3.11. The van der Waals surface area contributed by atoms with E-state index in [0.29, 0.717) is 23.5 Å². The molecule has 4 nitrogen and oxygen atoms in total. The van der Waals surface area contributed by atoms with E-state index in [1.165, 1.54) is 0 Å². The Bertz CT molecular complexity index is 475. The minimum atomic E-state index is -0.349. The number of rotatable bonds is 8. The number of hydrogen-bond donors (Lipinski definition) is 2. The molecule has 0 bridgehead atoms. The lowest BCUT2D eigenvalue weighted by atomic mass is 10.1. The average Bonchev–Trinajstić information content (AvgIpc) is 2.34. The van der Waals surface area contributed by atoms with Crippen LogP contribution in [-0.4, -0.2) is 25.0 Å². The number of halogens is 1. The molecule has 0 unspecified atom stereocenters. The molecule has 0 heterocycles. The molecule has 5 heteroatoms. The molecular formula is C16H26ClN3O. The van der Waals surface area contributed by atoms with Crippen molar-refractivity contribution < 1.29 is 4.79 Å². The van der Waals surface area contributed by atoms with Gasteiger partial charge in [0.05, 0.1) is 17.3 Å². The summed E-state index contributed by atoms with van der Waals surface area (Å²) < 4.78 is 0. The SMILES string of the molecule is CC(C)CN(CC(N)=O)c1c(Cl)cccc1CNC(C)C. The highest BCUT2D eigenvalue weighted by Crippen LogP contribution is 2.30. The molecule has 0 saturated heterocycles. The molecule has 0 aliphatic heterocycles. The van der Waals surface area contributed by atoms with Gasteiger partial charge in [0.25, 0.3) is 0 Å². The number of primary amides is 1. The minimum Gasteiger partial charge on any atom is -0.368 e. The molecular weight excluding hydrogens is 286 g/mol. The summed E-state index contributed by atoms with van der Waals surface area (Å²) in [6.07, 6.45) is 0. The minimum absolute atomic E-state index is 0.177. The molecule has 0 radical (unpaired) electrons. The number of anilines is 1. The molecule has 0 saturated carbocycles. The summed E-state index contributed by atoms with van der Waals surface area (Å²) in [5.74, 6) is 0.0601. The van der Waals surface area contributed by atoms with Gasteiger partial charge < -0.3 is 16.0 Å². The molecule has 118 valence electrons. The lowest BCUT2D eigenvalue weighted by Gasteiger charge is -2.29.